The van der Waals surface area contributed by atoms with Crippen molar-refractivity contribution in [2.24, 2.45) is 4.99 Å². The van der Waals surface area contributed by atoms with E-state index in [-0.39, 0.29) is 11.9 Å². The van der Waals surface area contributed by atoms with Gasteiger partial charge in [-0.3, -0.25) is 14.7 Å². The molecule has 1 amide bonds. The number of nitrogens with zero attached hydrogens (tertiary/aromatic N) is 4. The third-order valence-electron chi connectivity index (χ3n) is 6.49. The van der Waals surface area contributed by atoms with E-state index in [1.54, 1.807) is 17.8 Å². The van der Waals surface area contributed by atoms with Gasteiger partial charge in [0.25, 0.3) is 5.91 Å². The van der Waals surface area contributed by atoms with E-state index in [1.165, 1.54) is 5.70 Å². The maximum absolute atomic E-state index is 13.1. The zero-order chi connectivity index (χ0) is 22.9. The van der Waals surface area contributed by atoms with Crippen molar-refractivity contribution in [1.29, 1.82) is 0 Å². The Morgan fingerprint density at radius 3 is 2.79 bits per heavy atom. The van der Waals surface area contributed by atoms with Gasteiger partial charge in [0.15, 0.2) is 5.17 Å². The Hall–Kier alpha value is -3.20. The highest BCUT2D eigenvalue weighted by Crippen LogP contribution is 2.39. The molecule has 1 aromatic heterocycles. The van der Waals surface area contributed by atoms with Crippen molar-refractivity contribution in [1.82, 2.24) is 20.1 Å². The molecule has 0 spiro atoms. The van der Waals surface area contributed by atoms with Crippen LogP contribution in [0.1, 0.15) is 22.1 Å². The van der Waals surface area contributed by atoms with Gasteiger partial charge in [-0.05, 0) is 23.6 Å². The van der Waals surface area contributed by atoms with Gasteiger partial charge in [0.2, 0.25) is 0 Å². The maximum atomic E-state index is 13.1. The Kier molecular flexibility index (Phi) is 5.78. The minimum absolute atomic E-state index is 0.0183. The van der Waals surface area contributed by atoms with Gasteiger partial charge in [0.05, 0.1) is 18.1 Å². The lowest BCUT2D eigenvalue weighted by atomic mass is 10.0. The Balaban J connectivity index is 1.18. The molecule has 0 saturated carbocycles. The van der Waals surface area contributed by atoms with Crippen molar-refractivity contribution in [3.63, 3.8) is 0 Å². The van der Waals surface area contributed by atoms with Crippen molar-refractivity contribution >= 4 is 39.4 Å². The molecule has 3 aromatic rings. The van der Waals surface area contributed by atoms with Gasteiger partial charge in [-0.15, -0.1) is 0 Å². The number of hydrogen-bond donors (Lipinski definition) is 2. The zero-order valence-electron chi connectivity index (χ0n) is 18.8. The minimum atomic E-state index is -0.210. The standard InChI is InChI=1S/C26H26N6OS/c33-25(23-10-9-18-5-1-3-7-21(18)28-23)29-22-8-4-2-6-20(22)24-16-32-19(17-34-26(32)30-24)15-31-13-11-27-12-14-31/h1-10,17,24,27H,11-16H2,(H,29,33). The number of piperazine rings is 1. The Labute approximate surface area is 202 Å². The number of nitrogens with one attached hydrogen (secondary N) is 2. The van der Waals surface area contributed by atoms with Crippen molar-refractivity contribution in [2.75, 3.05) is 44.6 Å². The number of carbonyl (C=O) groups excluding carboxylic acids is 1. The number of anilines is 1. The van der Waals surface area contributed by atoms with Gasteiger partial charge in [-0.1, -0.05) is 54.2 Å². The smallest absolute Gasteiger partial charge is 0.274 e. The summed E-state index contributed by atoms with van der Waals surface area (Å²) in [6.07, 6.45) is 0. The summed E-state index contributed by atoms with van der Waals surface area (Å²) in [7, 11) is 0. The molecular weight excluding hydrogens is 444 g/mol. The SMILES string of the molecule is O=C(Nc1ccccc1C1CN2C(CN3CCNCC3)=CSC2=N1)c1ccc2ccccc2n1. The Morgan fingerprint density at radius 1 is 1.06 bits per heavy atom. The van der Waals surface area contributed by atoms with Crippen LogP contribution in [0.2, 0.25) is 0 Å². The van der Waals surface area contributed by atoms with Crippen LogP contribution in [0.25, 0.3) is 10.9 Å². The minimum Gasteiger partial charge on any atom is -0.320 e. The average molecular weight is 471 g/mol. The Bertz CT molecular complexity index is 1300. The summed E-state index contributed by atoms with van der Waals surface area (Å²) in [5, 5.41) is 10.8. The highest BCUT2D eigenvalue weighted by molar-refractivity contribution is 8.16. The fourth-order valence-electron chi connectivity index (χ4n) is 4.68. The summed E-state index contributed by atoms with van der Waals surface area (Å²) in [6.45, 7) is 5.98. The van der Waals surface area contributed by atoms with E-state index in [9.17, 15) is 4.79 Å². The molecule has 0 bridgehead atoms. The molecule has 2 N–H and O–H groups in total. The van der Waals surface area contributed by atoms with Crippen LogP contribution in [-0.4, -0.2) is 65.1 Å². The molecule has 7 nitrogen and oxygen atoms in total. The zero-order valence-corrected chi connectivity index (χ0v) is 19.6. The summed E-state index contributed by atoms with van der Waals surface area (Å²) >= 11 is 1.70. The molecule has 1 unspecified atom stereocenters. The third-order valence-corrected chi connectivity index (χ3v) is 7.42. The summed E-state index contributed by atoms with van der Waals surface area (Å²) in [5.74, 6) is -0.210. The second-order valence-electron chi connectivity index (χ2n) is 8.72. The van der Waals surface area contributed by atoms with E-state index in [2.05, 4.69) is 36.9 Å². The summed E-state index contributed by atoms with van der Waals surface area (Å²) in [5.41, 5.74) is 4.35. The first-order chi connectivity index (χ1) is 16.7. The number of thioether (sulfide) groups is 1. The molecule has 0 aliphatic carbocycles. The van der Waals surface area contributed by atoms with Crippen molar-refractivity contribution < 1.29 is 4.79 Å². The normalized spacial score (nSPS) is 20.2. The molecule has 4 heterocycles. The quantitative estimate of drug-likeness (QED) is 0.593. The number of pyridine rings is 1. The number of amides is 1. The number of aliphatic imine (C=N–C) groups is 1. The molecule has 172 valence electrons. The van der Waals surface area contributed by atoms with Crippen LogP contribution < -0.4 is 10.6 Å². The lowest BCUT2D eigenvalue weighted by molar-refractivity contribution is 0.102. The highest BCUT2D eigenvalue weighted by Gasteiger charge is 2.34. The largest absolute Gasteiger partial charge is 0.320 e. The van der Waals surface area contributed by atoms with Crippen molar-refractivity contribution in [2.45, 2.75) is 6.04 Å². The first-order valence-electron chi connectivity index (χ1n) is 11.6. The number of hydrogen-bond acceptors (Lipinski definition) is 7. The topological polar surface area (TPSA) is 72.9 Å². The van der Waals surface area contributed by atoms with Crippen molar-refractivity contribution in [3.8, 4) is 0 Å². The number of para-hydroxylation sites is 2. The molecule has 8 heteroatoms. The van der Waals surface area contributed by atoms with Gasteiger partial charge < -0.3 is 15.5 Å². The number of carbonyl (C=O) groups is 1. The lowest BCUT2D eigenvalue weighted by Crippen LogP contribution is -2.45. The van der Waals surface area contributed by atoms with E-state index in [0.717, 1.165) is 66.6 Å². The van der Waals surface area contributed by atoms with Gasteiger partial charge in [-0.25, -0.2) is 4.98 Å². The van der Waals surface area contributed by atoms with Crippen LogP contribution in [0.5, 0.6) is 0 Å². The number of amidine groups is 1. The van der Waals surface area contributed by atoms with E-state index >= 15 is 0 Å². The first kappa shape index (κ1) is 21.3. The van der Waals surface area contributed by atoms with E-state index < -0.39 is 0 Å². The van der Waals surface area contributed by atoms with Crippen molar-refractivity contribution in [3.05, 3.63) is 83.0 Å². The van der Waals surface area contributed by atoms with Crippen LogP contribution in [0.15, 0.2) is 76.8 Å². The first-order valence-corrected chi connectivity index (χ1v) is 12.5. The Morgan fingerprint density at radius 2 is 1.88 bits per heavy atom. The molecule has 1 atom stereocenters. The summed E-state index contributed by atoms with van der Waals surface area (Å²) in [4.78, 5) is 27.4. The van der Waals surface area contributed by atoms with Gasteiger partial charge in [0, 0.05) is 55.1 Å². The fraction of sp³-hybridized carbons (Fsp3) is 0.269. The number of aromatic nitrogens is 1. The predicted molar refractivity (Wildman–Crippen MR) is 138 cm³/mol. The summed E-state index contributed by atoms with van der Waals surface area (Å²) < 4.78 is 0. The second-order valence-corrected chi connectivity index (χ2v) is 9.56. The molecule has 2 aromatic carbocycles. The predicted octanol–water partition coefficient (Wildman–Crippen LogP) is 3.69. The molecule has 34 heavy (non-hydrogen) atoms. The monoisotopic (exact) mass is 470 g/mol. The highest BCUT2D eigenvalue weighted by atomic mass is 32.2. The molecular formula is C26H26N6OS. The molecule has 3 aliphatic heterocycles. The number of rotatable bonds is 5. The van der Waals surface area contributed by atoms with E-state index in [4.69, 9.17) is 4.99 Å². The van der Waals surface area contributed by atoms with Crippen LogP contribution in [0.3, 0.4) is 0 Å². The maximum Gasteiger partial charge on any atom is 0.274 e. The number of benzene rings is 2. The fourth-order valence-corrected chi connectivity index (χ4v) is 5.63. The van der Waals surface area contributed by atoms with Crippen LogP contribution in [-0.2, 0) is 0 Å². The van der Waals surface area contributed by atoms with Gasteiger partial charge in [0.1, 0.15) is 5.69 Å². The molecule has 3 aliphatic rings. The van der Waals surface area contributed by atoms with E-state index in [0.29, 0.717) is 5.69 Å². The summed E-state index contributed by atoms with van der Waals surface area (Å²) in [6, 6.07) is 19.5. The third kappa shape index (κ3) is 4.20. The molecule has 1 fully saturated rings. The second kappa shape index (κ2) is 9.21. The molecule has 0 radical (unpaired) electrons. The van der Waals surface area contributed by atoms with Gasteiger partial charge >= 0.3 is 0 Å². The molecule has 1 saturated heterocycles. The van der Waals surface area contributed by atoms with Crippen LogP contribution >= 0.6 is 11.8 Å². The van der Waals surface area contributed by atoms with E-state index in [1.807, 2.05) is 48.5 Å². The van der Waals surface area contributed by atoms with Crippen LogP contribution in [0, 0.1) is 0 Å². The lowest BCUT2D eigenvalue weighted by Gasteiger charge is -2.29. The average Bonchev–Trinajstić information content (AvgIpc) is 3.46. The molecule has 6 rings (SSSR count). The van der Waals surface area contributed by atoms with Gasteiger partial charge in [-0.2, -0.15) is 0 Å². The number of fused-ring (bicyclic) bond motifs is 2. The van der Waals surface area contributed by atoms with Crippen LogP contribution in [0.4, 0.5) is 5.69 Å².